The van der Waals surface area contributed by atoms with Crippen LogP contribution in [0.1, 0.15) is 26.2 Å². The predicted octanol–water partition coefficient (Wildman–Crippen LogP) is 1.15. The van der Waals surface area contributed by atoms with E-state index < -0.39 is 0 Å². The van der Waals surface area contributed by atoms with E-state index in [0.717, 1.165) is 83.7 Å². The summed E-state index contributed by atoms with van der Waals surface area (Å²) in [5, 5.41) is 3.41. The highest BCUT2D eigenvalue weighted by molar-refractivity contribution is 5.80. The lowest BCUT2D eigenvalue weighted by molar-refractivity contribution is 0.0170. The zero-order chi connectivity index (χ0) is 18.7. The van der Waals surface area contributed by atoms with Gasteiger partial charge < -0.3 is 24.6 Å². The maximum atomic E-state index is 5.72. The number of nitrogens with zero attached hydrogens (tertiary/aromatic N) is 5. The number of anilines is 1. The van der Waals surface area contributed by atoms with E-state index in [1.807, 2.05) is 6.07 Å². The second-order valence-electron chi connectivity index (χ2n) is 6.82. The summed E-state index contributed by atoms with van der Waals surface area (Å²) in [5.74, 6) is 1.80. The molecule has 2 aliphatic rings. The number of nitrogens with one attached hydrogen (secondary N) is 1. The van der Waals surface area contributed by atoms with Crippen molar-refractivity contribution in [2.24, 2.45) is 4.99 Å². The van der Waals surface area contributed by atoms with Gasteiger partial charge in [-0.1, -0.05) is 0 Å². The molecule has 0 aliphatic carbocycles. The van der Waals surface area contributed by atoms with E-state index in [1.165, 1.54) is 0 Å². The summed E-state index contributed by atoms with van der Waals surface area (Å²) in [4.78, 5) is 18.0. The molecule has 1 aromatic rings. The first-order chi connectivity index (χ1) is 13.4. The van der Waals surface area contributed by atoms with Gasteiger partial charge in [0.15, 0.2) is 5.96 Å². The van der Waals surface area contributed by atoms with Crippen LogP contribution >= 0.6 is 0 Å². The van der Waals surface area contributed by atoms with Gasteiger partial charge in [-0.15, -0.1) is 0 Å². The fourth-order valence-electron chi connectivity index (χ4n) is 3.34. The molecular formula is C19H32N6O2. The average molecular weight is 377 g/mol. The molecule has 3 heterocycles. The summed E-state index contributed by atoms with van der Waals surface area (Å²) < 4.78 is 11.3. The van der Waals surface area contributed by atoms with E-state index in [0.29, 0.717) is 12.7 Å². The SMILES string of the molecule is CCNC(=NCCCOCC1CCCO1)N1CCN(c2ncccn2)CC1. The number of ether oxygens (including phenoxy) is 2. The molecule has 0 aromatic carbocycles. The highest BCUT2D eigenvalue weighted by Crippen LogP contribution is 2.12. The van der Waals surface area contributed by atoms with Gasteiger partial charge in [-0.25, -0.2) is 9.97 Å². The van der Waals surface area contributed by atoms with Crippen molar-refractivity contribution in [2.75, 3.05) is 64.0 Å². The Balaban J connectivity index is 1.38. The Labute approximate surface area is 162 Å². The number of rotatable bonds is 8. The van der Waals surface area contributed by atoms with Gasteiger partial charge in [0.1, 0.15) is 0 Å². The lowest BCUT2D eigenvalue weighted by atomic mass is 10.2. The minimum atomic E-state index is 0.302. The predicted molar refractivity (Wildman–Crippen MR) is 106 cm³/mol. The Morgan fingerprint density at radius 3 is 2.81 bits per heavy atom. The first kappa shape index (κ1) is 19.8. The normalized spacial score (nSPS) is 20.9. The first-order valence-corrected chi connectivity index (χ1v) is 10.1. The van der Waals surface area contributed by atoms with E-state index in [4.69, 9.17) is 14.5 Å². The molecule has 150 valence electrons. The van der Waals surface area contributed by atoms with Crippen LogP contribution in [-0.4, -0.2) is 86.0 Å². The molecule has 2 aliphatic heterocycles. The van der Waals surface area contributed by atoms with Crippen LogP contribution < -0.4 is 10.2 Å². The summed E-state index contributed by atoms with van der Waals surface area (Å²) >= 11 is 0. The molecule has 3 rings (SSSR count). The van der Waals surface area contributed by atoms with Crippen molar-refractivity contribution < 1.29 is 9.47 Å². The zero-order valence-corrected chi connectivity index (χ0v) is 16.3. The zero-order valence-electron chi connectivity index (χ0n) is 16.3. The number of hydrogen-bond acceptors (Lipinski definition) is 6. The molecule has 1 aromatic heterocycles. The van der Waals surface area contributed by atoms with Crippen LogP contribution in [0.2, 0.25) is 0 Å². The van der Waals surface area contributed by atoms with Crippen LogP contribution in [0.15, 0.2) is 23.5 Å². The second-order valence-corrected chi connectivity index (χ2v) is 6.82. The number of aliphatic imine (C=N–C) groups is 1. The Morgan fingerprint density at radius 2 is 2.11 bits per heavy atom. The number of guanidine groups is 1. The smallest absolute Gasteiger partial charge is 0.225 e. The number of piperazine rings is 1. The molecule has 0 bridgehead atoms. The molecule has 0 amide bonds. The van der Waals surface area contributed by atoms with Crippen LogP contribution in [0.4, 0.5) is 5.95 Å². The number of hydrogen-bond donors (Lipinski definition) is 1. The molecule has 8 nitrogen and oxygen atoms in total. The largest absolute Gasteiger partial charge is 0.379 e. The van der Waals surface area contributed by atoms with Crippen LogP contribution in [0.3, 0.4) is 0 Å². The monoisotopic (exact) mass is 376 g/mol. The van der Waals surface area contributed by atoms with Crippen molar-refractivity contribution in [3.05, 3.63) is 18.5 Å². The van der Waals surface area contributed by atoms with Crippen molar-refractivity contribution in [2.45, 2.75) is 32.3 Å². The van der Waals surface area contributed by atoms with E-state index in [1.54, 1.807) is 12.4 Å². The maximum absolute atomic E-state index is 5.72. The molecule has 0 spiro atoms. The van der Waals surface area contributed by atoms with E-state index >= 15 is 0 Å². The minimum Gasteiger partial charge on any atom is -0.379 e. The summed E-state index contributed by atoms with van der Waals surface area (Å²) in [6.45, 7) is 9.72. The minimum absolute atomic E-state index is 0.302. The van der Waals surface area contributed by atoms with Crippen molar-refractivity contribution in [1.29, 1.82) is 0 Å². The molecule has 1 N–H and O–H groups in total. The van der Waals surface area contributed by atoms with Crippen molar-refractivity contribution in [3.63, 3.8) is 0 Å². The molecule has 0 saturated carbocycles. The fraction of sp³-hybridized carbons (Fsp3) is 0.737. The lowest BCUT2D eigenvalue weighted by Gasteiger charge is -2.36. The molecule has 2 saturated heterocycles. The molecular weight excluding hydrogens is 344 g/mol. The molecule has 27 heavy (non-hydrogen) atoms. The third-order valence-corrected chi connectivity index (χ3v) is 4.79. The topological polar surface area (TPSA) is 75.1 Å². The van der Waals surface area contributed by atoms with Crippen LogP contribution in [0.25, 0.3) is 0 Å². The van der Waals surface area contributed by atoms with Gasteiger partial charge in [-0.3, -0.25) is 4.99 Å². The standard InChI is InChI=1S/C19H32N6O2/c1-2-20-18(23-9-5-14-26-16-17-6-3-15-27-17)24-10-12-25(13-11-24)19-21-7-4-8-22-19/h4,7-8,17H,2-3,5-6,9-16H2,1H3,(H,20,23). The molecule has 2 fully saturated rings. The van der Waals surface area contributed by atoms with Crippen LogP contribution in [0.5, 0.6) is 0 Å². The van der Waals surface area contributed by atoms with Gasteiger partial charge in [-0.2, -0.15) is 0 Å². The summed E-state index contributed by atoms with van der Waals surface area (Å²) in [5.41, 5.74) is 0. The Bertz CT molecular complexity index is 557. The highest BCUT2D eigenvalue weighted by Gasteiger charge is 2.21. The molecule has 1 unspecified atom stereocenters. The van der Waals surface area contributed by atoms with Gasteiger partial charge in [0.05, 0.1) is 12.7 Å². The Morgan fingerprint density at radius 1 is 1.30 bits per heavy atom. The van der Waals surface area contributed by atoms with E-state index in [9.17, 15) is 0 Å². The quantitative estimate of drug-likeness (QED) is 0.414. The molecule has 1 atom stereocenters. The fourth-order valence-corrected chi connectivity index (χ4v) is 3.34. The van der Waals surface area contributed by atoms with Crippen LogP contribution in [-0.2, 0) is 9.47 Å². The highest BCUT2D eigenvalue weighted by atomic mass is 16.5. The second kappa shape index (κ2) is 11.0. The molecule has 8 heteroatoms. The van der Waals surface area contributed by atoms with Gasteiger partial charge in [0, 0.05) is 64.9 Å². The number of aromatic nitrogens is 2. The van der Waals surface area contributed by atoms with Gasteiger partial charge >= 0.3 is 0 Å². The Hall–Kier alpha value is -1.93. The summed E-state index contributed by atoms with van der Waals surface area (Å²) in [6.07, 6.45) is 7.11. The van der Waals surface area contributed by atoms with E-state index in [2.05, 4.69) is 32.0 Å². The van der Waals surface area contributed by atoms with E-state index in [-0.39, 0.29) is 0 Å². The van der Waals surface area contributed by atoms with Crippen molar-refractivity contribution in [1.82, 2.24) is 20.2 Å². The van der Waals surface area contributed by atoms with Gasteiger partial charge in [0.2, 0.25) is 5.95 Å². The summed E-state index contributed by atoms with van der Waals surface area (Å²) in [6, 6.07) is 1.85. The summed E-state index contributed by atoms with van der Waals surface area (Å²) in [7, 11) is 0. The van der Waals surface area contributed by atoms with Gasteiger partial charge in [0.25, 0.3) is 0 Å². The van der Waals surface area contributed by atoms with Gasteiger partial charge in [-0.05, 0) is 32.3 Å². The van der Waals surface area contributed by atoms with Crippen molar-refractivity contribution >= 4 is 11.9 Å². The maximum Gasteiger partial charge on any atom is 0.225 e. The third-order valence-electron chi connectivity index (χ3n) is 4.79. The lowest BCUT2D eigenvalue weighted by Crippen LogP contribution is -2.53. The Kier molecular flexibility index (Phi) is 8.10. The van der Waals surface area contributed by atoms with Crippen molar-refractivity contribution in [3.8, 4) is 0 Å². The molecule has 0 radical (unpaired) electrons. The third kappa shape index (κ3) is 6.32. The first-order valence-electron chi connectivity index (χ1n) is 10.1. The average Bonchev–Trinajstić information content (AvgIpc) is 3.24. The van der Waals surface area contributed by atoms with Crippen LogP contribution in [0, 0.1) is 0 Å².